The van der Waals surface area contributed by atoms with E-state index in [0.29, 0.717) is 19.3 Å². The summed E-state index contributed by atoms with van der Waals surface area (Å²) >= 11 is 6.15. The van der Waals surface area contributed by atoms with Crippen LogP contribution in [0.1, 0.15) is 5.76 Å². The van der Waals surface area contributed by atoms with Gasteiger partial charge in [-0.1, -0.05) is 0 Å². The second kappa shape index (κ2) is 7.52. The van der Waals surface area contributed by atoms with Gasteiger partial charge in [0.1, 0.15) is 11.3 Å². The third kappa shape index (κ3) is 3.64. The lowest BCUT2D eigenvalue weighted by atomic mass is 10.1. The van der Waals surface area contributed by atoms with E-state index < -0.39 is 0 Å². The number of hydrogen-bond acceptors (Lipinski definition) is 8. The fraction of sp³-hybridized carbons (Fsp3) is 0.667. The van der Waals surface area contributed by atoms with Crippen molar-refractivity contribution in [2.75, 3.05) is 70.6 Å². The summed E-state index contributed by atoms with van der Waals surface area (Å²) in [5.74, 6) is 1.69. The molecule has 0 bridgehead atoms. The van der Waals surface area contributed by atoms with Gasteiger partial charge in [-0.2, -0.15) is 4.98 Å². The van der Waals surface area contributed by atoms with Crippen molar-refractivity contribution in [3.05, 3.63) is 17.1 Å². The molecule has 3 aliphatic heterocycles. The quantitative estimate of drug-likeness (QED) is 0.718. The molecule has 5 rings (SSSR count). The van der Waals surface area contributed by atoms with Gasteiger partial charge in [-0.05, 0) is 11.6 Å². The van der Waals surface area contributed by atoms with Gasteiger partial charge >= 0.3 is 0 Å². The molecule has 0 N–H and O–H groups in total. The van der Waals surface area contributed by atoms with Gasteiger partial charge in [-0.3, -0.25) is 9.80 Å². The van der Waals surface area contributed by atoms with Gasteiger partial charge in [0.25, 0.3) is 0 Å². The molecule has 0 amide bonds. The summed E-state index contributed by atoms with van der Waals surface area (Å²) in [6.07, 6.45) is 0. The number of ether oxygens (including phenoxy) is 2. The number of anilines is 1. The number of furan rings is 1. The van der Waals surface area contributed by atoms with Gasteiger partial charge in [0, 0.05) is 51.4 Å². The van der Waals surface area contributed by atoms with Gasteiger partial charge in [-0.15, -0.1) is 0 Å². The highest BCUT2D eigenvalue weighted by Crippen LogP contribution is 2.30. The zero-order valence-corrected chi connectivity index (χ0v) is 16.0. The predicted molar refractivity (Wildman–Crippen MR) is 101 cm³/mol. The minimum atomic E-state index is 0.257. The first-order valence-corrected chi connectivity index (χ1v) is 9.97. The van der Waals surface area contributed by atoms with Crippen LogP contribution in [0.25, 0.3) is 11.1 Å². The van der Waals surface area contributed by atoms with Gasteiger partial charge in [-0.25, -0.2) is 4.98 Å². The monoisotopic (exact) mass is 393 g/mol. The lowest BCUT2D eigenvalue weighted by Crippen LogP contribution is -2.60. The predicted octanol–water partition coefficient (Wildman–Crippen LogP) is 1.23. The molecule has 3 fully saturated rings. The maximum Gasteiger partial charge on any atom is 0.225 e. The van der Waals surface area contributed by atoms with E-state index >= 15 is 0 Å². The molecule has 27 heavy (non-hydrogen) atoms. The first kappa shape index (κ1) is 17.6. The Kier molecular flexibility index (Phi) is 4.91. The van der Waals surface area contributed by atoms with Gasteiger partial charge in [0.15, 0.2) is 11.4 Å². The molecule has 9 heteroatoms. The van der Waals surface area contributed by atoms with Gasteiger partial charge in [0.2, 0.25) is 5.28 Å². The van der Waals surface area contributed by atoms with E-state index in [1.165, 1.54) is 0 Å². The molecular formula is C18H24ClN5O3. The van der Waals surface area contributed by atoms with Crippen molar-refractivity contribution in [2.24, 2.45) is 0 Å². The molecule has 3 saturated heterocycles. The minimum Gasteiger partial charge on any atom is -0.454 e. The average Bonchev–Trinajstić information content (AvgIpc) is 3.07. The van der Waals surface area contributed by atoms with Crippen LogP contribution >= 0.6 is 11.6 Å². The lowest BCUT2D eigenvalue weighted by molar-refractivity contribution is -0.0358. The van der Waals surface area contributed by atoms with Crippen molar-refractivity contribution in [3.63, 3.8) is 0 Å². The van der Waals surface area contributed by atoms with Gasteiger partial charge in [0.05, 0.1) is 33.0 Å². The molecule has 0 radical (unpaired) electrons. The maximum absolute atomic E-state index is 6.15. The number of fused-ring (bicyclic) bond motifs is 1. The number of aromatic nitrogens is 2. The Morgan fingerprint density at radius 2 is 1.70 bits per heavy atom. The smallest absolute Gasteiger partial charge is 0.225 e. The standard InChI is InChI=1S/C18H24ClN5O3/c19-18-20-15-9-14(12-22-10-13(11-22)23-1-5-25-6-2-23)27-16(15)17(21-18)24-3-7-26-8-4-24/h9,13H,1-8,10-12H2. The summed E-state index contributed by atoms with van der Waals surface area (Å²) in [6, 6.07) is 2.63. The van der Waals surface area contributed by atoms with E-state index in [9.17, 15) is 0 Å². The van der Waals surface area contributed by atoms with Crippen LogP contribution in [0.4, 0.5) is 5.82 Å². The van der Waals surface area contributed by atoms with E-state index in [-0.39, 0.29) is 5.28 Å². The molecule has 8 nitrogen and oxygen atoms in total. The number of nitrogens with zero attached hydrogens (tertiary/aromatic N) is 5. The molecule has 5 heterocycles. The first-order chi connectivity index (χ1) is 13.3. The lowest BCUT2D eigenvalue weighted by Gasteiger charge is -2.46. The molecule has 0 unspecified atom stereocenters. The summed E-state index contributed by atoms with van der Waals surface area (Å²) in [5.41, 5.74) is 1.50. The van der Waals surface area contributed by atoms with Crippen molar-refractivity contribution >= 4 is 28.5 Å². The van der Waals surface area contributed by atoms with E-state index in [4.69, 9.17) is 25.5 Å². The SMILES string of the molecule is Clc1nc(N2CCOCC2)c2oc(CN3CC(N4CCOCC4)C3)cc2n1. The number of likely N-dealkylation sites (tertiary alicyclic amines) is 1. The van der Waals surface area contributed by atoms with Crippen molar-refractivity contribution in [1.82, 2.24) is 19.8 Å². The van der Waals surface area contributed by atoms with Crippen LogP contribution in [0.3, 0.4) is 0 Å². The molecule has 2 aromatic rings. The molecule has 0 aliphatic carbocycles. The molecule has 0 saturated carbocycles. The number of morpholine rings is 2. The Hall–Kier alpha value is -1.45. The zero-order chi connectivity index (χ0) is 18.2. The molecule has 3 aliphatic rings. The van der Waals surface area contributed by atoms with E-state index in [1.807, 2.05) is 6.07 Å². The normalized spacial score (nSPS) is 23.1. The minimum absolute atomic E-state index is 0.257. The van der Waals surface area contributed by atoms with Crippen molar-refractivity contribution in [2.45, 2.75) is 12.6 Å². The average molecular weight is 394 g/mol. The van der Waals surface area contributed by atoms with Crippen LogP contribution in [0, 0.1) is 0 Å². The largest absolute Gasteiger partial charge is 0.454 e. The molecule has 146 valence electrons. The second-order valence-corrected chi connectivity index (χ2v) is 7.68. The van der Waals surface area contributed by atoms with Crippen LogP contribution in [-0.4, -0.2) is 91.5 Å². The third-order valence-corrected chi connectivity index (χ3v) is 5.74. The summed E-state index contributed by atoms with van der Waals surface area (Å²) < 4.78 is 17.0. The van der Waals surface area contributed by atoms with Crippen molar-refractivity contribution in [1.29, 1.82) is 0 Å². The summed E-state index contributed by atoms with van der Waals surface area (Å²) in [7, 11) is 0. The summed E-state index contributed by atoms with van der Waals surface area (Å²) in [5, 5.41) is 0.257. The van der Waals surface area contributed by atoms with Crippen LogP contribution < -0.4 is 4.90 Å². The Bertz CT molecular complexity index is 798. The van der Waals surface area contributed by atoms with Crippen molar-refractivity contribution in [3.8, 4) is 0 Å². The topological polar surface area (TPSA) is 67.1 Å². The van der Waals surface area contributed by atoms with Crippen molar-refractivity contribution < 1.29 is 13.9 Å². The zero-order valence-electron chi connectivity index (χ0n) is 15.3. The van der Waals surface area contributed by atoms with E-state index in [2.05, 4.69) is 24.7 Å². The fourth-order valence-electron chi connectivity index (χ4n) is 4.07. The second-order valence-electron chi connectivity index (χ2n) is 7.34. The third-order valence-electron chi connectivity index (χ3n) is 5.57. The molecule has 0 atom stereocenters. The van der Waals surface area contributed by atoms with Gasteiger partial charge < -0.3 is 18.8 Å². The Morgan fingerprint density at radius 3 is 2.44 bits per heavy atom. The highest BCUT2D eigenvalue weighted by Gasteiger charge is 2.33. The Morgan fingerprint density at radius 1 is 1.00 bits per heavy atom. The van der Waals surface area contributed by atoms with Crippen LogP contribution in [0.5, 0.6) is 0 Å². The highest BCUT2D eigenvalue weighted by atomic mass is 35.5. The molecular weight excluding hydrogens is 370 g/mol. The maximum atomic E-state index is 6.15. The van der Waals surface area contributed by atoms with E-state index in [0.717, 1.165) is 81.7 Å². The summed E-state index contributed by atoms with van der Waals surface area (Å²) in [4.78, 5) is 15.9. The Balaban J connectivity index is 1.29. The number of rotatable bonds is 4. The van der Waals surface area contributed by atoms with Crippen LogP contribution in [-0.2, 0) is 16.0 Å². The molecule has 2 aromatic heterocycles. The highest BCUT2D eigenvalue weighted by molar-refractivity contribution is 6.28. The molecule has 0 spiro atoms. The Labute approximate surface area is 163 Å². The molecule has 0 aromatic carbocycles. The fourth-order valence-corrected chi connectivity index (χ4v) is 4.24. The number of halogens is 1. The van der Waals surface area contributed by atoms with Crippen LogP contribution in [0.15, 0.2) is 10.5 Å². The van der Waals surface area contributed by atoms with Crippen LogP contribution in [0.2, 0.25) is 5.28 Å². The summed E-state index contributed by atoms with van der Waals surface area (Å²) in [6.45, 7) is 9.66. The van der Waals surface area contributed by atoms with E-state index in [1.54, 1.807) is 0 Å². The first-order valence-electron chi connectivity index (χ1n) is 9.59. The number of hydrogen-bond donors (Lipinski definition) is 0.